The van der Waals surface area contributed by atoms with E-state index in [0.717, 1.165) is 66.5 Å². The summed E-state index contributed by atoms with van der Waals surface area (Å²) >= 11 is 0. The summed E-state index contributed by atoms with van der Waals surface area (Å²) < 4.78 is 4.84. The van der Waals surface area contributed by atoms with Gasteiger partial charge in [-0.25, -0.2) is 9.97 Å². The Labute approximate surface area is 404 Å². The number of aromatic nitrogens is 4. The van der Waals surface area contributed by atoms with Gasteiger partial charge in [-0.05, 0) is 112 Å². The number of fused-ring (bicyclic) bond motifs is 9. The average Bonchev–Trinajstić information content (AvgIpc) is 3.95. The first-order valence-corrected chi connectivity index (χ1v) is 23.9. The normalized spacial score (nSPS) is 11.7. The number of para-hydroxylation sites is 2. The highest BCUT2D eigenvalue weighted by molar-refractivity contribution is 6.15. The second-order valence-corrected chi connectivity index (χ2v) is 18.1. The summed E-state index contributed by atoms with van der Waals surface area (Å²) in [6.07, 6.45) is 0. The van der Waals surface area contributed by atoms with Crippen LogP contribution in [0.2, 0.25) is 0 Å². The molecule has 0 aliphatic carbocycles. The van der Waals surface area contributed by atoms with Crippen LogP contribution in [0.25, 0.3) is 133 Å². The summed E-state index contributed by atoms with van der Waals surface area (Å²) in [7, 11) is 0. The standard InChI is InChI=1S/C66H42N4/c1-5-17-43(18-6-1)47-30-35-60-55(39-47)56-41-49(32-36-61(56)69(60)51-24-11-4-12-25-51)50-33-38-63-58(42-50)57-40-48(44-19-7-2-8-20-44)31-37-62(57)70(63)59-28-16-15-27-53(59)65-54-34-29-45-21-13-14-26-52(45)64(54)67-66(68-65)46-22-9-3-10-23-46/h1-42H. The van der Waals surface area contributed by atoms with Crippen LogP contribution >= 0.6 is 0 Å². The van der Waals surface area contributed by atoms with Crippen molar-refractivity contribution in [3.8, 4) is 67.4 Å². The maximum absolute atomic E-state index is 5.45. The van der Waals surface area contributed by atoms with Gasteiger partial charge in [0.1, 0.15) is 0 Å². The highest BCUT2D eigenvalue weighted by atomic mass is 15.0. The minimum atomic E-state index is 0.703. The SMILES string of the molecule is c1ccc(-c2ccc3c(c2)c2cc(-c4ccc5c(c4)c4cc(-c6ccccc6)ccc4n5-c4ccccc4-c4nc(-c5ccccc5)nc5c4ccc4ccccc45)ccc2n3-c2ccccc2)cc1. The fourth-order valence-corrected chi connectivity index (χ4v) is 10.8. The van der Waals surface area contributed by atoms with E-state index in [1.54, 1.807) is 0 Å². The van der Waals surface area contributed by atoms with Crippen LogP contribution in [-0.4, -0.2) is 19.1 Å². The number of nitrogens with zero attached hydrogens (tertiary/aromatic N) is 4. The highest BCUT2D eigenvalue weighted by Crippen LogP contribution is 2.43. The summed E-state index contributed by atoms with van der Waals surface area (Å²) in [4.78, 5) is 10.7. The summed E-state index contributed by atoms with van der Waals surface area (Å²) in [5.74, 6) is 0.703. The molecule has 0 radical (unpaired) electrons. The molecule has 14 aromatic rings. The molecule has 0 N–H and O–H groups in total. The van der Waals surface area contributed by atoms with Gasteiger partial charge in [0.25, 0.3) is 0 Å². The number of hydrogen-bond donors (Lipinski definition) is 0. The van der Waals surface area contributed by atoms with E-state index in [-0.39, 0.29) is 0 Å². The molecule has 3 aromatic heterocycles. The molecule has 0 aliphatic heterocycles. The zero-order valence-electron chi connectivity index (χ0n) is 38.0. The van der Waals surface area contributed by atoms with Gasteiger partial charge in [-0.2, -0.15) is 0 Å². The van der Waals surface area contributed by atoms with Gasteiger partial charge in [-0.3, -0.25) is 0 Å². The Morgan fingerprint density at radius 3 is 1.27 bits per heavy atom. The Kier molecular flexibility index (Phi) is 9.17. The van der Waals surface area contributed by atoms with Gasteiger partial charge in [0.05, 0.1) is 39.0 Å². The molecule has 0 bridgehead atoms. The first-order chi connectivity index (χ1) is 34.7. The molecule has 14 rings (SSSR count). The minimum Gasteiger partial charge on any atom is -0.309 e. The Hall–Kier alpha value is -9.38. The molecule has 70 heavy (non-hydrogen) atoms. The van der Waals surface area contributed by atoms with Crippen LogP contribution in [-0.2, 0) is 0 Å². The van der Waals surface area contributed by atoms with Crippen molar-refractivity contribution >= 4 is 65.3 Å². The van der Waals surface area contributed by atoms with Crippen LogP contribution in [0, 0.1) is 0 Å². The zero-order valence-corrected chi connectivity index (χ0v) is 38.0. The fraction of sp³-hybridized carbons (Fsp3) is 0. The van der Waals surface area contributed by atoms with E-state index >= 15 is 0 Å². The van der Waals surface area contributed by atoms with E-state index in [9.17, 15) is 0 Å². The third-order valence-corrected chi connectivity index (χ3v) is 14.1. The molecule has 4 heteroatoms. The number of hydrogen-bond acceptors (Lipinski definition) is 2. The van der Waals surface area contributed by atoms with Crippen molar-refractivity contribution in [2.45, 2.75) is 0 Å². The van der Waals surface area contributed by atoms with E-state index in [1.807, 2.05) is 6.07 Å². The monoisotopic (exact) mass is 890 g/mol. The molecular formula is C66H42N4. The van der Waals surface area contributed by atoms with Gasteiger partial charge in [-0.15, -0.1) is 0 Å². The van der Waals surface area contributed by atoms with Crippen LogP contribution in [0.1, 0.15) is 0 Å². The fourth-order valence-electron chi connectivity index (χ4n) is 10.8. The second-order valence-electron chi connectivity index (χ2n) is 18.1. The summed E-state index contributed by atoms with van der Waals surface area (Å²) in [5, 5.41) is 8.09. The zero-order chi connectivity index (χ0) is 46.1. The molecule has 0 saturated heterocycles. The number of rotatable bonds is 7. The van der Waals surface area contributed by atoms with Crippen molar-refractivity contribution in [1.82, 2.24) is 19.1 Å². The van der Waals surface area contributed by atoms with E-state index in [0.29, 0.717) is 5.82 Å². The van der Waals surface area contributed by atoms with Gasteiger partial charge >= 0.3 is 0 Å². The quantitative estimate of drug-likeness (QED) is 0.149. The lowest BCUT2D eigenvalue weighted by molar-refractivity contribution is 1.17. The highest BCUT2D eigenvalue weighted by Gasteiger charge is 2.22. The third-order valence-electron chi connectivity index (χ3n) is 14.1. The van der Waals surface area contributed by atoms with Crippen LogP contribution in [0.15, 0.2) is 255 Å². The predicted octanol–water partition coefficient (Wildman–Crippen LogP) is 17.3. The maximum atomic E-state index is 5.45. The largest absolute Gasteiger partial charge is 0.309 e. The van der Waals surface area contributed by atoms with Crippen molar-refractivity contribution in [3.05, 3.63) is 255 Å². The lowest BCUT2D eigenvalue weighted by Crippen LogP contribution is -2.01. The Morgan fingerprint density at radius 1 is 0.271 bits per heavy atom. The second kappa shape index (κ2) is 16.2. The molecule has 0 saturated carbocycles. The Bertz CT molecular complexity index is 4320. The van der Waals surface area contributed by atoms with E-state index in [2.05, 4.69) is 258 Å². The minimum absolute atomic E-state index is 0.703. The van der Waals surface area contributed by atoms with Crippen LogP contribution in [0.4, 0.5) is 0 Å². The molecular weight excluding hydrogens is 849 g/mol. The molecule has 3 heterocycles. The summed E-state index contributed by atoms with van der Waals surface area (Å²) in [5.41, 5.74) is 17.8. The lowest BCUT2D eigenvalue weighted by atomic mass is 9.98. The van der Waals surface area contributed by atoms with Crippen molar-refractivity contribution in [2.24, 2.45) is 0 Å². The molecule has 326 valence electrons. The van der Waals surface area contributed by atoms with E-state index < -0.39 is 0 Å². The summed E-state index contributed by atoms with van der Waals surface area (Å²) in [6.45, 7) is 0. The molecule has 0 unspecified atom stereocenters. The molecule has 0 aliphatic rings. The van der Waals surface area contributed by atoms with Gasteiger partial charge in [0.15, 0.2) is 5.82 Å². The van der Waals surface area contributed by atoms with Gasteiger partial charge in [-0.1, -0.05) is 182 Å². The van der Waals surface area contributed by atoms with E-state index in [4.69, 9.17) is 9.97 Å². The smallest absolute Gasteiger partial charge is 0.160 e. The first kappa shape index (κ1) is 39.8. The third kappa shape index (κ3) is 6.46. The molecule has 0 spiro atoms. The number of benzene rings is 11. The molecule has 0 atom stereocenters. The molecule has 4 nitrogen and oxygen atoms in total. The van der Waals surface area contributed by atoms with Crippen LogP contribution in [0.3, 0.4) is 0 Å². The van der Waals surface area contributed by atoms with E-state index in [1.165, 1.54) is 60.4 Å². The maximum Gasteiger partial charge on any atom is 0.160 e. The van der Waals surface area contributed by atoms with Crippen molar-refractivity contribution in [2.75, 3.05) is 0 Å². The molecule has 11 aromatic carbocycles. The van der Waals surface area contributed by atoms with Crippen molar-refractivity contribution in [3.63, 3.8) is 0 Å². The predicted molar refractivity (Wildman–Crippen MR) is 293 cm³/mol. The van der Waals surface area contributed by atoms with Crippen molar-refractivity contribution < 1.29 is 0 Å². The topological polar surface area (TPSA) is 35.6 Å². The van der Waals surface area contributed by atoms with Crippen LogP contribution < -0.4 is 0 Å². The Balaban J connectivity index is 1.00. The van der Waals surface area contributed by atoms with Gasteiger partial charge < -0.3 is 9.13 Å². The molecule has 0 amide bonds. The van der Waals surface area contributed by atoms with Gasteiger partial charge in [0.2, 0.25) is 0 Å². The molecule has 0 fully saturated rings. The first-order valence-electron chi connectivity index (χ1n) is 23.9. The van der Waals surface area contributed by atoms with Crippen molar-refractivity contribution in [1.29, 1.82) is 0 Å². The average molecular weight is 891 g/mol. The van der Waals surface area contributed by atoms with Gasteiger partial charge in [0, 0.05) is 49.1 Å². The Morgan fingerprint density at radius 2 is 0.714 bits per heavy atom. The summed E-state index contributed by atoms with van der Waals surface area (Å²) in [6, 6.07) is 91.9. The lowest BCUT2D eigenvalue weighted by Gasteiger charge is -2.16. The van der Waals surface area contributed by atoms with Crippen LogP contribution in [0.5, 0.6) is 0 Å².